The van der Waals surface area contributed by atoms with Gasteiger partial charge in [-0.1, -0.05) is 66.2 Å². The van der Waals surface area contributed by atoms with E-state index in [0.29, 0.717) is 22.0 Å². The molecule has 0 radical (unpaired) electrons. The van der Waals surface area contributed by atoms with Crippen LogP contribution in [0.4, 0.5) is 0 Å². The van der Waals surface area contributed by atoms with E-state index in [1.165, 1.54) is 29.1 Å². The van der Waals surface area contributed by atoms with Gasteiger partial charge in [-0.25, -0.2) is 8.42 Å². The van der Waals surface area contributed by atoms with Crippen LogP contribution in [-0.4, -0.2) is 38.8 Å². The number of carbonyl (C=O) groups is 1. The minimum atomic E-state index is -4.13. The Morgan fingerprint density at radius 3 is 2.24 bits per heavy atom. The van der Waals surface area contributed by atoms with Gasteiger partial charge in [0.2, 0.25) is 21.8 Å². The average Bonchev–Trinajstić information content (AvgIpc) is 3.26. The summed E-state index contributed by atoms with van der Waals surface area (Å²) in [6.07, 6.45) is 0. The third-order valence-corrected chi connectivity index (χ3v) is 7.23. The van der Waals surface area contributed by atoms with Crippen LogP contribution < -0.4 is 5.73 Å². The molecular weight excluding hydrogens is 476 g/mol. The molecule has 1 aromatic heterocycles. The van der Waals surface area contributed by atoms with Crippen LogP contribution in [0, 0.1) is 0 Å². The summed E-state index contributed by atoms with van der Waals surface area (Å²) in [5, 5.41) is 12.4. The fraction of sp³-hybridized carbons (Fsp3) is 0.130. The van der Waals surface area contributed by atoms with Crippen molar-refractivity contribution < 1.29 is 13.2 Å². The van der Waals surface area contributed by atoms with Gasteiger partial charge >= 0.3 is 0 Å². The molecule has 0 aliphatic rings. The van der Waals surface area contributed by atoms with E-state index in [9.17, 15) is 13.2 Å². The van der Waals surface area contributed by atoms with Gasteiger partial charge in [0.25, 0.3) is 0 Å². The average molecular weight is 497 g/mol. The molecule has 0 fully saturated rings. The van der Waals surface area contributed by atoms with Crippen LogP contribution in [0.1, 0.15) is 17.2 Å². The monoisotopic (exact) mass is 496 g/mol. The molecule has 4 aromatic rings. The Morgan fingerprint density at radius 2 is 1.68 bits per heavy atom. The summed E-state index contributed by atoms with van der Waals surface area (Å²) in [7, 11) is -2.47. The molecule has 1 heterocycles. The van der Waals surface area contributed by atoms with Gasteiger partial charge in [0.05, 0.1) is 11.9 Å². The molecule has 0 bridgehead atoms. The maximum absolute atomic E-state index is 13.7. The van der Waals surface area contributed by atoms with E-state index >= 15 is 0 Å². The van der Waals surface area contributed by atoms with Crippen LogP contribution in [0.3, 0.4) is 0 Å². The van der Waals surface area contributed by atoms with Gasteiger partial charge in [0.15, 0.2) is 0 Å². The van der Waals surface area contributed by atoms with E-state index in [4.69, 9.17) is 17.3 Å². The second kappa shape index (κ2) is 9.72. The third-order valence-electron chi connectivity index (χ3n) is 5.15. The zero-order chi connectivity index (χ0) is 24.3. The minimum Gasteiger partial charge on any atom is -0.368 e. The number of amides is 1. The lowest BCUT2D eigenvalue weighted by Gasteiger charge is -2.29. The number of halogens is 1. The van der Waals surface area contributed by atoms with Crippen LogP contribution in [-0.2, 0) is 28.4 Å². The second-order valence-electron chi connectivity index (χ2n) is 7.52. The Balaban J connectivity index is 1.76. The first-order valence-electron chi connectivity index (χ1n) is 10.2. The first-order valence-corrected chi connectivity index (χ1v) is 12.0. The molecule has 9 nitrogen and oxygen atoms in total. The van der Waals surface area contributed by atoms with Crippen molar-refractivity contribution in [2.45, 2.75) is 17.5 Å². The lowest BCUT2D eigenvalue weighted by Crippen LogP contribution is -2.41. The second-order valence-corrected chi connectivity index (χ2v) is 9.85. The molecule has 2 N–H and O–H groups in total. The quantitative estimate of drug-likeness (QED) is 0.400. The van der Waals surface area contributed by atoms with Crippen LogP contribution >= 0.6 is 11.6 Å². The number of aromatic nitrogens is 4. The maximum atomic E-state index is 13.7. The molecule has 34 heavy (non-hydrogen) atoms. The van der Waals surface area contributed by atoms with Crippen molar-refractivity contribution in [1.29, 1.82) is 0 Å². The van der Waals surface area contributed by atoms with Crippen LogP contribution in [0.2, 0.25) is 5.02 Å². The minimum absolute atomic E-state index is 0.000499. The van der Waals surface area contributed by atoms with Gasteiger partial charge in [0, 0.05) is 17.1 Å². The summed E-state index contributed by atoms with van der Waals surface area (Å²) in [5.41, 5.74) is 7.56. The number of sulfonamides is 1. The Bertz CT molecular complexity index is 1390. The number of nitrogens with two attached hydrogens (primary N) is 1. The van der Waals surface area contributed by atoms with E-state index in [2.05, 4.69) is 15.4 Å². The van der Waals surface area contributed by atoms with E-state index < -0.39 is 22.0 Å². The first-order chi connectivity index (χ1) is 16.3. The highest BCUT2D eigenvalue weighted by Gasteiger charge is 2.36. The normalized spacial score (nSPS) is 12.6. The van der Waals surface area contributed by atoms with Gasteiger partial charge in [-0.05, 0) is 40.6 Å². The fourth-order valence-corrected chi connectivity index (χ4v) is 5.20. The van der Waals surface area contributed by atoms with Crippen molar-refractivity contribution in [2.75, 3.05) is 0 Å². The van der Waals surface area contributed by atoms with Crippen molar-refractivity contribution >= 4 is 27.5 Å². The van der Waals surface area contributed by atoms with Gasteiger partial charge in [-0.3, -0.25) is 4.79 Å². The van der Waals surface area contributed by atoms with E-state index in [0.717, 1.165) is 9.87 Å². The lowest BCUT2D eigenvalue weighted by molar-refractivity contribution is -0.122. The largest absolute Gasteiger partial charge is 0.368 e. The summed E-state index contributed by atoms with van der Waals surface area (Å²) in [6, 6.07) is 20.1. The summed E-state index contributed by atoms with van der Waals surface area (Å²) >= 11 is 5.95. The number of nitrogens with zero attached hydrogens (tertiary/aromatic N) is 5. The van der Waals surface area contributed by atoms with Crippen molar-refractivity contribution in [2.24, 2.45) is 12.8 Å². The van der Waals surface area contributed by atoms with Crippen molar-refractivity contribution in [3.05, 3.63) is 95.0 Å². The van der Waals surface area contributed by atoms with Crippen LogP contribution in [0.25, 0.3) is 11.4 Å². The molecule has 3 aromatic carbocycles. The molecule has 0 saturated heterocycles. The molecule has 4 rings (SSSR count). The third kappa shape index (κ3) is 4.98. The number of primary amides is 1. The Labute approximate surface area is 201 Å². The Kier molecular flexibility index (Phi) is 6.73. The standard InChI is InChI=1S/C23H21ClN6O3S/c1-29-27-23(26-28-29)18-9-7-16(8-10-18)15-30(21(22(25)31)17-5-3-2-4-6-17)34(32,33)20-13-11-19(24)12-14-20/h2-14,21H,15H2,1H3,(H2,25,31). The smallest absolute Gasteiger partial charge is 0.244 e. The summed E-state index contributed by atoms with van der Waals surface area (Å²) in [6.45, 7) is -0.0956. The molecule has 0 spiro atoms. The highest BCUT2D eigenvalue weighted by Crippen LogP contribution is 2.30. The summed E-state index contributed by atoms with van der Waals surface area (Å²) in [4.78, 5) is 13.9. The predicted octanol–water partition coefficient (Wildman–Crippen LogP) is 2.95. The lowest BCUT2D eigenvalue weighted by atomic mass is 10.1. The molecule has 1 amide bonds. The zero-order valence-corrected chi connectivity index (χ0v) is 19.7. The number of rotatable bonds is 8. The van der Waals surface area contributed by atoms with Crippen molar-refractivity contribution in [3.63, 3.8) is 0 Å². The van der Waals surface area contributed by atoms with E-state index in [1.54, 1.807) is 61.6 Å². The predicted molar refractivity (Wildman–Crippen MR) is 127 cm³/mol. The molecule has 0 aliphatic heterocycles. The SMILES string of the molecule is Cn1nnc(-c2ccc(CN(C(C(N)=O)c3ccccc3)S(=O)(=O)c3ccc(Cl)cc3)cc2)n1. The number of tetrazole rings is 1. The number of hydrogen-bond donors (Lipinski definition) is 1. The highest BCUT2D eigenvalue weighted by atomic mass is 35.5. The van der Waals surface area contributed by atoms with E-state index in [1.807, 2.05) is 0 Å². The van der Waals surface area contributed by atoms with Gasteiger partial charge < -0.3 is 5.73 Å². The Hall–Kier alpha value is -3.60. The molecule has 1 atom stereocenters. The van der Waals surface area contributed by atoms with Crippen molar-refractivity contribution in [3.8, 4) is 11.4 Å². The Morgan fingerprint density at radius 1 is 1.03 bits per heavy atom. The van der Waals surface area contributed by atoms with Crippen LogP contribution in [0.5, 0.6) is 0 Å². The number of benzene rings is 3. The van der Waals surface area contributed by atoms with Gasteiger partial charge in [0.1, 0.15) is 6.04 Å². The summed E-state index contributed by atoms with van der Waals surface area (Å²) in [5.74, 6) is -0.344. The molecule has 0 aliphatic carbocycles. The fourth-order valence-electron chi connectivity index (χ4n) is 3.50. The molecule has 174 valence electrons. The number of hydrogen-bond acceptors (Lipinski definition) is 6. The zero-order valence-electron chi connectivity index (χ0n) is 18.1. The first kappa shape index (κ1) is 23.6. The van der Waals surface area contributed by atoms with Crippen molar-refractivity contribution in [1.82, 2.24) is 24.5 Å². The summed E-state index contributed by atoms with van der Waals surface area (Å²) < 4.78 is 28.5. The molecule has 1 unspecified atom stereocenters. The van der Waals surface area contributed by atoms with Crippen LogP contribution in [0.15, 0.2) is 83.8 Å². The number of aryl methyl sites for hydroxylation is 1. The number of carbonyl (C=O) groups excluding carboxylic acids is 1. The maximum Gasteiger partial charge on any atom is 0.244 e. The van der Waals surface area contributed by atoms with Gasteiger partial charge in [-0.15, -0.1) is 10.2 Å². The highest BCUT2D eigenvalue weighted by molar-refractivity contribution is 7.89. The molecule has 0 saturated carbocycles. The van der Waals surface area contributed by atoms with E-state index in [-0.39, 0.29) is 11.4 Å². The van der Waals surface area contributed by atoms with Gasteiger partial charge in [-0.2, -0.15) is 9.10 Å². The topological polar surface area (TPSA) is 124 Å². The molecular formula is C23H21ClN6O3S. The molecule has 11 heteroatoms.